The molecular weight excluding hydrogens is 365 g/mol. The maximum atomic E-state index is 12.4. The first kappa shape index (κ1) is 19.5. The molecule has 0 bridgehead atoms. The molecule has 0 radical (unpaired) electrons. The largest absolute Gasteiger partial charge is 0.490 e. The molecule has 27 heavy (non-hydrogen) atoms. The minimum absolute atomic E-state index is 0.0428. The van der Waals surface area contributed by atoms with Crippen molar-refractivity contribution in [3.63, 3.8) is 0 Å². The Morgan fingerprint density at radius 1 is 1.11 bits per heavy atom. The molecule has 1 saturated carbocycles. The van der Waals surface area contributed by atoms with Crippen LogP contribution in [-0.4, -0.2) is 75.7 Å². The van der Waals surface area contributed by atoms with E-state index in [0.717, 1.165) is 19.0 Å². The average molecular weight is 386 g/mol. The molecule has 2 atom stereocenters. The zero-order valence-electron chi connectivity index (χ0n) is 14.6. The average Bonchev–Trinajstić information content (AvgIpc) is 3.21. The highest BCUT2D eigenvalue weighted by atomic mass is 19.4. The molecule has 3 fully saturated rings. The summed E-state index contributed by atoms with van der Waals surface area (Å²) in [7, 11) is 0. The van der Waals surface area contributed by atoms with Crippen molar-refractivity contribution >= 4 is 11.9 Å². The number of amides is 1. The van der Waals surface area contributed by atoms with Gasteiger partial charge < -0.3 is 14.9 Å². The fraction of sp³-hybridized carbons (Fsp3) is 0.647. The van der Waals surface area contributed by atoms with E-state index in [0.29, 0.717) is 17.5 Å². The summed E-state index contributed by atoms with van der Waals surface area (Å²) in [4.78, 5) is 33.9. The van der Waals surface area contributed by atoms with Gasteiger partial charge in [0.25, 0.3) is 5.91 Å². The number of rotatable bonds is 3. The lowest BCUT2D eigenvalue weighted by molar-refractivity contribution is -0.192. The van der Waals surface area contributed by atoms with E-state index in [1.54, 1.807) is 18.6 Å². The molecule has 2 aliphatic heterocycles. The molecule has 3 aliphatic rings. The molecule has 148 valence electrons. The van der Waals surface area contributed by atoms with Crippen LogP contribution in [0.15, 0.2) is 18.6 Å². The summed E-state index contributed by atoms with van der Waals surface area (Å²) in [5.74, 6) is -0.427. The quantitative estimate of drug-likeness (QED) is 0.848. The maximum absolute atomic E-state index is 12.4. The number of aliphatic carboxylic acids is 1. The van der Waals surface area contributed by atoms with Crippen molar-refractivity contribution in [2.24, 2.45) is 17.8 Å². The highest BCUT2D eigenvalue weighted by Crippen LogP contribution is 2.36. The van der Waals surface area contributed by atoms with Crippen LogP contribution in [0.3, 0.4) is 0 Å². The standard InChI is InChI=1S/C15H20N4O.C2HF3O2/c20-15(14-5-16-3-4-17-14)19-9-12-7-18(6-11-1-2-11)8-13(12)10-19;3-2(4,5)1(6)7/h3-5,11-13H,1-2,6-10H2;(H,6,7)/t12-,13+;. The molecule has 1 aliphatic carbocycles. The maximum Gasteiger partial charge on any atom is 0.490 e. The van der Waals surface area contributed by atoms with Gasteiger partial charge in [-0.3, -0.25) is 9.78 Å². The normalized spacial score (nSPS) is 24.9. The van der Waals surface area contributed by atoms with Crippen LogP contribution in [0, 0.1) is 17.8 Å². The van der Waals surface area contributed by atoms with Crippen molar-refractivity contribution in [2.45, 2.75) is 19.0 Å². The van der Waals surface area contributed by atoms with E-state index in [1.165, 1.54) is 32.5 Å². The molecule has 1 amide bonds. The number of carbonyl (C=O) groups is 2. The van der Waals surface area contributed by atoms with Gasteiger partial charge in [0.05, 0.1) is 6.20 Å². The van der Waals surface area contributed by atoms with Crippen molar-refractivity contribution in [1.82, 2.24) is 19.8 Å². The van der Waals surface area contributed by atoms with Crippen molar-refractivity contribution < 1.29 is 27.9 Å². The molecule has 0 aromatic carbocycles. The van der Waals surface area contributed by atoms with Crippen LogP contribution in [0.25, 0.3) is 0 Å². The lowest BCUT2D eigenvalue weighted by Crippen LogP contribution is -2.34. The van der Waals surface area contributed by atoms with Crippen LogP contribution in [0.2, 0.25) is 0 Å². The molecule has 1 aromatic rings. The number of likely N-dealkylation sites (tertiary alicyclic amines) is 2. The fourth-order valence-electron chi connectivity index (χ4n) is 3.64. The van der Waals surface area contributed by atoms with Gasteiger partial charge in [0.15, 0.2) is 0 Å². The first-order valence-electron chi connectivity index (χ1n) is 8.81. The monoisotopic (exact) mass is 386 g/mol. The van der Waals surface area contributed by atoms with Crippen LogP contribution >= 0.6 is 0 Å². The van der Waals surface area contributed by atoms with Gasteiger partial charge in [0.1, 0.15) is 5.69 Å². The Morgan fingerprint density at radius 3 is 2.15 bits per heavy atom. The molecule has 1 N–H and O–H groups in total. The summed E-state index contributed by atoms with van der Waals surface area (Å²) in [5, 5.41) is 7.12. The zero-order valence-corrected chi connectivity index (χ0v) is 14.6. The van der Waals surface area contributed by atoms with E-state index in [1.807, 2.05) is 4.90 Å². The van der Waals surface area contributed by atoms with Gasteiger partial charge in [-0.25, -0.2) is 9.78 Å². The predicted octanol–water partition coefficient (Wildman–Crippen LogP) is 1.52. The summed E-state index contributed by atoms with van der Waals surface area (Å²) in [6.45, 7) is 5.41. The minimum atomic E-state index is -5.08. The number of aromatic nitrogens is 2. The van der Waals surface area contributed by atoms with E-state index >= 15 is 0 Å². The number of fused-ring (bicyclic) bond motifs is 1. The Kier molecular flexibility index (Phi) is 5.64. The first-order valence-corrected chi connectivity index (χ1v) is 8.81. The van der Waals surface area contributed by atoms with E-state index in [2.05, 4.69) is 14.9 Å². The van der Waals surface area contributed by atoms with Crippen molar-refractivity contribution in [1.29, 1.82) is 0 Å². The molecule has 0 unspecified atom stereocenters. The Morgan fingerprint density at radius 2 is 1.70 bits per heavy atom. The van der Waals surface area contributed by atoms with E-state index < -0.39 is 12.1 Å². The van der Waals surface area contributed by atoms with E-state index in [4.69, 9.17) is 9.90 Å². The third-order valence-electron chi connectivity index (χ3n) is 5.09. The molecular formula is C17H21F3N4O3. The second-order valence-corrected chi connectivity index (χ2v) is 7.29. The van der Waals surface area contributed by atoms with Crippen molar-refractivity contribution in [2.75, 3.05) is 32.7 Å². The summed E-state index contributed by atoms with van der Waals surface area (Å²) >= 11 is 0. The predicted molar refractivity (Wildman–Crippen MR) is 87.8 cm³/mol. The van der Waals surface area contributed by atoms with Gasteiger partial charge >= 0.3 is 12.1 Å². The van der Waals surface area contributed by atoms with Crippen LogP contribution in [-0.2, 0) is 4.79 Å². The SMILES string of the molecule is O=C(O)C(F)(F)F.O=C(c1cnccn1)N1C[C@H]2CN(CC3CC3)C[C@H]2C1. The lowest BCUT2D eigenvalue weighted by Gasteiger charge is -2.21. The third kappa shape index (κ3) is 5.15. The summed E-state index contributed by atoms with van der Waals surface area (Å²) < 4.78 is 31.7. The number of halogens is 3. The van der Waals surface area contributed by atoms with Crippen LogP contribution in [0.1, 0.15) is 23.3 Å². The Bertz CT molecular complexity index is 668. The fourth-order valence-corrected chi connectivity index (χ4v) is 3.64. The Hall–Kier alpha value is -2.23. The summed E-state index contributed by atoms with van der Waals surface area (Å²) in [6.07, 6.45) is 2.51. The molecule has 1 aromatic heterocycles. The number of alkyl halides is 3. The van der Waals surface area contributed by atoms with Gasteiger partial charge in [-0.2, -0.15) is 13.2 Å². The molecule has 10 heteroatoms. The van der Waals surface area contributed by atoms with Gasteiger partial charge in [-0.05, 0) is 30.6 Å². The zero-order chi connectivity index (χ0) is 19.6. The van der Waals surface area contributed by atoms with Gasteiger partial charge in [-0.15, -0.1) is 0 Å². The van der Waals surface area contributed by atoms with Crippen LogP contribution in [0.5, 0.6) is 0 Å². The summed E-state index contributed by atoms with van der Waals surface area (Å²) in [5.41, 5.74) is 0.474. The van der Waals surface area contributed by atoms with Crippen molar-refractivity contribution in [3.8, 4) is 0 Å². The third-order valence-corrected chi connectivity index (χ3v) is 5.09. The number of nitrogens with zero attached hydrogens (tertiary/aromatic N) is 4. The summed E-state index contributed by atoms with van der Waals surface area (Å²) in [6, 6.07) is 0. The van der Waals surface area contributed by atoms with Crippen LogP contribution < -0.4 is 0 Å². The van der Waals surface area contributed by atoms with Gasteiger partial charge in [0, 0.05) is 45.1 Å². The molecule has 0 spiro atoms. The Balaban J connectivity index is 0.000000260. The lowest BCUT2D eigenvalue weighted by atomic mass is 10.0. The smallest absolute Gasteiger partial charge is 0.475 e. The topological polar surface area (TPSA) is 86.6 Å². The minimum Gasteiger partial charge on any atom is -0.475 e. The second kappa shape index (κ2) is 7.79. The van der Waals surface area contributed by atoms with E-state index in [9.17, 15) is 18.0 Å². The van der Waals surface area contributed by atoms with Crippen LogP contribution in [0.4, 0.5) is 13.2 Å². The number of hydrogen-bond acceptors (Lipinski definition) is 5. The Labute approximate surface area is 154 Å². The number of carbonyl (C=O) groups excluding carboxylic acids is 1. The van der Waals surface area contributed by atoms with Crippen molar-refractivity contribution in [3.05, 3.63) is 24.3 Å². The number of hydrogen-bond donors (Lipinski definition) is 1. The number of carboxylic acid groups (broad SMARTS) is 1. The highest BCUT2D eigenvalue weighted by molar-refractivity contribution is 5.92. The van der Waals surface area contributed by atoms with E-state index in [-0.39, 0.29) is 5.91 Å². The van der Waals surface area contributed by atoms with Gasteiger partial charge in [-0.1, -0.05) is 0 Å². The second-order valence-electron chi connectivity index (χ2n) is 7.29. The first-order chi connectivity index (χ1) is 12.7. The van der Waals surface area contributed by atoms with Gasteiger partial charge in [0.2, 0.25) is 0 Å². The number of carboxylic acids is 1. The molecule has 2 saturated heterocycles. The highest BCUT2D eigenvalue weighted by Gasteiger charge is 2.43. The molecule has 3 heterocycles. The molecule has 7 nitrogen and oxygen atoms in total. The molecule has 4 rings (SSSR count).